The summed E-state index contributed by atoms with van der Waals surface area (Å²) in [5, 5.41) is 5.68. The molecule has 0 unspecified atom stereocenters. The molecule has 2 amide bonds. The molecule has 1 aromatic rings. The van der Waals surface area contributed by atoms with E-state index in [1.165, 1.54) is 0 Å². The Labute approximate surface area is 123 Å². The maximum atomic E-state index is 11.7. The van der Waals surface area contributed by atoms with Gasteiger partial charge in [-0.05, 0) is 25.1 Å². The fourth-order valence-corrected chi connectivity index (χ4v) is 2.00. The predicted octanol–water partition coefficient (Wildman–Crippen LogP) is 1.19. The molecule has 0 aliphatic carbocycles. The summed E-state index contributed by atoms with van der Waals surface area (Å²) < 4.78 is 4.91. The molecule has 1 fully saturated rings. The van der Waals surface area contributed by atoms with E-state index in [2.05, 4.69) is 16.6 Å². The molecule has 1 aliphatic heterocycles. The maximum Gasteiger partial charge on any atom is 0.414 e. The molecule has 1 aromatic carbocycles. The van der Waals surface area contributed by atoms with Crippen molar-refractivity contribution in [1.29, 1.82) is 0 Å². The molecule has 110 valence electrons. The van der Waals surface area contributed by atoms with Gasteiger partial charge in [0.25, 0.3) is 0 Å². The number of nitrogens with one attached hydrogen (secondary N) is 2. The average molecular weight is 287 g/mol. The number of rotatable bonds is 5. The van der Waals surface area contributed by atoms with Gasteiger partial charge < -0.3 is 15.4 Å². The van der Waals surface area contributed by atoms with Crippen LogP contribution in [0.2, 0.25) is 0 Å². The van der Waals surface area contributed by atoms with E-state index in [9.17, 15) is 9.59 Å². The summed E-state index contributed by atoms with van der Waals surface area (Å²) in [5.74, 6) is 2.17. The highest BCUT2D eigenvalue weighted by molar-refractivity contribution is 5.90. The van der Waals surface area contributed by atoms with Crippen molar-refractivity contribution >= 4 is 23.4 Å². The van der Waals surface area contributed by atoms with Gasteiger partial charge in [0, 0.05) is 11.4 Å². The molecule has 21 heavy (non-hydrogen) atoms. The van der Waals surface area contributed by atoms with Crippen molar-refractivity contribution in [2.75, 3.05) is 29.9 Å². The molecule has 1 atom stereocenters. The number of benzene rings is 1. The summed E-state index contributed by atoms with van der Waals surface area (Å²) >= 11 is 0. The topological polar surface area (TPSA) is 70.7 Å². The predicted molar refractivity (Wildman–Crippen MR) is 80.1 cm³/mol. The molecule has 0 spiro atoms. The minimum atomic E-state index is -0.431. The van der Waals surface area contributed by atoms with Crippen LogP contribution in [0, 0.1) is 12.3 Å². The van der Waals surface area contributed by atoms with Crippen molar-refractivity contribution in [2.24, 2.45) is 0 Å². The summed E-state index contributed by atoms with van der Waals surface area (Å²) in [5.41, 5.74) is 1.48. The SMILES string of the molecule is C#CCNC(=O)[C@H](C)Nc1cccc(N2CCOC2=O)c1. The second-order valence-electron chi connectivity index (χ2n) is 4.60. The number of carbonyl (C=O) groups excluding carboxylic acids is 2. The number of carbonyl (C=O) groups is 2. The van der Waals surface area contributed by atoms with Gasteiger partial charge in [-0.25, -0.2) is 4.79 Å². The lowest BCUT2D eigenvalue weighted by Gasteiger charge is -2.17. The average Bonchev–Trinajstić information content (AvgIpc) is 2.91. The second kappa shape index (κ2) is 6.66. The summed E-state index contributed by atoms with van der Waals surface area (Å²) in [6.07, 6.45) is 4.74. The molecular weight excluding hydrogens is 270 g/mol. The van der Waals surface area contributed by atoms with Crippen LogP contribution in [0.25, 0.3) is 0 Å². The van der Waals surface area contributed by atoms with Gasteiger partial charge >= 0.3 is 6.09 Å². The molecular formula is C15H17N3O3. The van der Waals surface area contributed by atoms with Crippen molar-refractivity contribution in [3.63, 3.8) is 0 Å². The van der Waals surface area contributed by atoms with Crippen LogP contribution >= 0.6 is 0 Å². The van der Waals surface area contributed by atoms with E-state index in [0.717, 1.165) is 11.4 Å². The summed E-state index contributed by atoms with van der Waals surface area (Å²) in [6, 6.07) is 6.84. The van der Waals surface area contributed by atoms with Crippen LogP contribution in [-0.4, -0.2) is 37.7 Å². The van der Waals surface area contributed by atoms with Crippen molar-refractivity contribution in [2.45, 2.75) is 13.0 Å². The van der Waals surface area contributed by atoms with Gasteiger partial charge in [0.2, 0.25) is 5.91 Å². The highest BCUT2D eigenvalue weighted by atomic mass is 16.6. The first-order valence-corrected chi connectivity index (χ1v) is 6.64. The van der Waals surface area contributed by atoms with Crippen LogP contribution in [0.4, 0.5) is 16.2 Å². The molecule has 0 aromatic heterocycles. The Morgan fingerprint density at radius 3 is 3.05 bits per heavy atom. The van der Waals surface area contributed by atoms with Gasteiger partial charge in [0.05, 0.1) is 13.1 Å². The van der Waals surface area contributed by atoms with E-state index in [0.29, 0.717) is 13.2 Å². The number of amides is 2. The minimum Gasteiger partial charge on any atom is -0.447 e. The monoisotopic (exact) mass is 287 g/mol. The summed E-state index contributed by atoms with van der Waals surface area (Å²) in [4.78, 5) is 24.8. The molecule has 2 rings (SSSR count). The smallest absolute Gasteiger partial charge is 0.414 e. The highest BCUT2D eigenvalue weighted by Crippen LogP contribution is 2.22. The summed E-state index contributed by atoms with van der Waals surface area (Å²) in [6.45, 7) is 2.86. The molecule has 2 N–H and O–H groups in total. The zero-order valence-corrected chi connectivity index (χ0v) is 11.8. The molecule has 1 aliphatic rings. The van der Waals surface area contributed by atoms with Crippen LogP contribution in [0.1, 0.15) is 6.92 Å². The highest BCUT2D eigenvalue weighted by Gasteiger charge is 2.23. The van der Waals surface area contributed by atoms with E-state index in [4.69, 9.17) is 11.2 Å². The number of nitrogens with zero attached hydrogens (tertiary/aromatic N) is 1. The molecule has 0 radical (unpaired) electrons. The second-order valence-corrected chi connectivity index (χ2v) is 4.60. The third-order valence-electron chi connectivity index (χ3n) is 3.06. The van der Waals surface area contributed by atoms with E-state index in [1.54, 1.807) is 17.9 Å². The van der Waals surface area contributed by atoms with Gasteiger partial charge in [0.15, 0.2) is 0 Å². The molecule has 0 saturated carbocycles. The number of hydrogen-bond acceptors (Lipinski definition) is 4. The van der Waals surface area contributed by atoms with Gasteiger partial charge in [0.1, 0.15) is 12.6 Å². The van der Waals surface area contributed by atoms with Crippen LogP contribution in [0.3, 0.4) is 0 Å². The number of cyclic esters (lactones) is 1. The van der Waals surface area contributed by atoms with Gasteiger partial charge in [-0.2, -0.15) is 0 Å². The lowest BCUT2D eigenvalue weighted by Crippen LogP contribution is -2.37. The van der Waals surface area contributed by atoms with E-state index < -0.39 is 6.04 Å². The Hall–Kier alpha value is -2.68. The molecule has 6 nitrogen and oxygen atoms in total. The Morgan fingerprint density at radius 1 is 1.57 bits per heavy atom. The fraction of sp³-hybridized carbons (Fsp3) is 0.333. The normalized spacial score (nSPS) is 15.0. The first-order valence-electron chi connectivity index (χ1n) is 6.64. The standard InChI is InChI=1S/C15H17N3O3/c1-3-7-16-14(19)11(2)17-12-5-4-6-13(10-12)18-8-9-21-15(18)20/h1,4-6,10-11,17H,7-9H2,2H3,(H,16,19)/t11-/m0/s1. The quantitative estimate of drug-likeness (QED) is 0.798. The lowest BCUT2D eigenvalue weighted by molar-refractivity contribution is -0.121. The molecule has 0 bridgehead atoms. The van der Waals surface area contributed by atoms with Crippen LogP contribution in [-0.2, 0) is 9.53 Å². The number of terminal acetylenes is 1. The number of ether oxygens (including phenoxy) is 1. The lowest BCUT2D eigenvalue weighted by atomic mass is 10.2. The van der Waals surface area contributed by atoms with E-state index >= 15 is 0 Å². The van der Waals surface area contributed by atoms with Gasteiger partial charge in [-0.3, -0.25) is 9.69 Å². The number of anilines is 2. The Kier molecular flexibility index (Phi) is 4.67. The van der Waals surface area contributed by atoms with Crippen LogP contribution in [0.15, 0.2) is 24.3 Å². The first kappa shape index (κ1) is 14.7. The zero-order valence-electron chi connectivity index (χ0n) is 11.8. The van der Waals surface area contributed by atoms with Crippen LogP contribution in [0.5, 0.6) is 0 Å². The van der Waals surface area contributed by atoms with E-state index in [-0.39, 0.29) is 18.5 Å². The van der Waals surface area contributed by atoms with Crippen molar-refractivity contribution in [3.8, 4) is 12.3 Å². The van der Waals surface area contributed by atoms with Gasteiger partial charge in [-0.1, -0.05) is 12.0 Å². The maximum absolute atomic E-state index is 11.7. The largest absolute Gasteiger partial charge is 0.447 e. The van der Waals surface area contributed by atoms with Crippen molar-refractivity contribution in [3.05, 3.63) is 24.3 Å². The minimum absolute atomic E-state index is 0.182. The third-order valence-corrected chi connectivity index (χ3v) is 3.06. The first-order chi connectivity index (χ1) is 10.1. The number of hydrogen-bond donors (Lipinski definition) is 2. The fourth-order valence-electron chi connectivity index (χ4n) is 2.00. The summed E-state index contributed by atoms with van der Waals surface area (Å²) in [7, 11) is 0. The molecule has 1 heterocycles. The van der Waals surface area contributed by atoms with Crippen molar-refractivity contribution < 1.29 is 14.3 Å². The Balaban J connectivity index is 2.02. The Bertz CT molecular complexity index is 580. The zero-order chi connectivity index (χ0) is 15.2. The molecule has 1 saturated heterocycles. The van der Waals surface area contributed by atoms with Gasteiger partial charge in [-0.15, -0.1) is 6.42 Å². The van der Waals surface area contributed by atoms with E-state index in [1.807, 2.05) is 18.2 Å². The molecule has 6 heteroatoms. The van der Waals surface area contributed by atoms with Crippen LogP contribution < -0.4 is 15.5 Å². The Morgan fingerprint density at radius 2 is 2.38 bits per heavy atom. The van der Waals surface area contributed by atoms with Crippen molar-refractivity contribution in [1.82, 2.24) is 5.32 Å². The third kappa shape index (κ3) is 3.66.